The van der Waals surface area contributed by atoms with E-state index < -0.39 is 0 Å². The van der Waals surface area contributed by atoms with Gasteiger partial charge in [0.15, 0.2) is 0 Å². The monoisotopic (exact) mass is 369 g/mol. The fraction of sp³-hybridized carbons (Fsp3) is 0.471. The van der Waals surface area contributed by atoms with Crippen LogP contribution in [0.1, 0.15) is 16.3 Å². The van der Waals surface area contributed by atoms with Crippen LogP contribution in [0.4, 0.5) is 0 Å². The highest BCUT2D eigenvalue weighted by Gasteiger charge is 2.24. The first-order valence-electron chi connectivity index (χ1n) is 7.93. The lowest BCUT2D eigenvalue weighted by Crippen LogP contribution is -2.30. The van der Waals surface area contributed by atoms with Crippen molar-refractivity contribution in [1.29, 1.82) is 0 Å². The zero-order chi connectivity index (χ0) is 16.1. The smallest absolute Gasteiger partial charge is 0.140 e. The summed E-state index contributed by atoms with van der Waals surface area (Å²) in [6, 6.07) is 8.04. The minimum Gasteiger partial charge on any atom is -0.486 e. The number of nitrogens with one attached hydrogen (secondary N) is 2. The Labute approximate surface area is 152 Å². The predicted octanol–water partition coefficient (Wildman–Crippen LogP) is 2.12. The van der Waals surface area contributed by atoms with Crippen molar-refractivity contribution >= 4 is 23.7 Å². The molecule has 0 aliphatic carbocycles. The molecule has 5 nitrogen and oxygen atoms in total. The van der Waals surface area contributed by atoms with Crippen molar-refractivity contribution in [3.05, 3.63) is 45.9 Å². The highest BCUT2D eigenvalue weighted by atomic mass is 35.5. The number of thiazole rings is 1. The molecular weight excluding hydrogens is 346 g/mol. The summed E-state index contributed by atoms with van der Waals surface area (Å²) >= 11 is 1.62. The Kier molecular flexibility index (Phi) is 7.45. The number of aliphatic hydroxyl groups excluding tert-OH is 1. The van der Waals surface area contributed by atoms with E-state index in [0.717, 1.165) is 36.1 Å². The number of ether oxygens (including phenoxy) is 1. The lowest BCUT2D eigenvalue weighted by Gasteiger charge is -2.13. The van der Waals surface area contributed by atoms with Gasteiger partial charge in [0, 0.05) is 37.5 Å². The van der Waals surface area contributed by atoms with E-state index in [1.165, 1.54) is 5.56 Å². The largest absolute Gasteiger partial charge is 0.486 e. The second-order valence-electron chi connectivity index (χ2n) is 5.95. The summed E-state index contributed by atoms with van der Waals surface area (Å²) in [5.74, 6) is 1.16. The second kappa shape index (κ2) is 9.34. The molecule has 0 radical (unpaired) electrons. The highest BCUT2D eigenvalue weighted by Crippen LogP contribution is 2.16. The van der Waals surface area contributed by atoms with E-state index in [0.29, 0.717) is 13.2 Å². The number of aryl methyl sites for hydroxylation is 1. The third kappa shape index (κ3) is 5.43. The number of nitrogens with zero attached hydrogens (tertiary/aromatic N) is 1. The van der Waals surface area contributed by atoms with E-state index >= 15 is 0 Å². The van der Waals surface area contributed by atoms with Crippen LogP contribution < -0.4 is 15.4 Å². The van der Waals surface area contributed by atoms with Gasteiger partial charge in [-0.25, -0.2) is 4.98 Å². The molecule has 1 aliphatic heterocycles. The summed E-state index contributed by atoms with van der Waals surface area (Å²) in [4.78, 5) is 4.58. The van der Waals surface area contributed by atoms with Crippen molar-refractivity contribution < 1.29 is 9.84 Å². The van der Waals surface area contributed by atoms with Crippen LogP contribution in [0.5, 0.6) is 5.75 Å². The third-order valence-electron chi connectivity index (χ3n) is 4.00. The summed E-state index contributed by atoms with van der Waals surface area (Å²) in [7, 11) is 0. The number of β-amino-alcohol motifs (C(OH)–C–C–N with tert-alkyl or cyclic N) is 1. The first-order valence-corrected chi connectivity index (χ1v) is 8.81. The molecule has 1 aliphatic rings. The standard InChI is InChI=1S/C17H23N3O2S.ClH/c1-12-2-4-15(5-3-12)22-10-17-20-14(11-23-17)8-18-6-13-7-19-9-16(13)21;/h2-5,11,13,16,18-19,21H,6-10H2,1H3;1H. The molecule has 3 N–H and O–H groups in total. The lowest BCUT2D eigenvalue weighted by molar-refractivity contribution is 0.146. The molecular formula is C17H24ClN3O2S. The summed E-state index contributed by atoms with van der Waals surface area (Å²) in [5.41, 5.74) is 2.25. The number of benzene rings is 1. The van der Waals surface area contributed by atoms with Gasteiger partial charge in [0.25, 0.3) is 0 Å². The minimum atomic E-state index is -0.239. The normalized spacial score (nSPS) is 19.9. The van der Waals surface area contributed by atoms with Crippen molar-refractivity contribution in [2.75, 3.05) is 19.6 Å². The second-order valence-corrected chi connectivity index (χ2v) is 6.89. The van der Waals surface area contributed by atoms with E-state index in [9.17, 15) is 5.11 Å². The maximum Gasteiger partial charge on any atom is 0.140 e. The van der Waals surface area contributed by atoms with E-state index in [1.807, 2.05) is 24.3 Å². The summed E-state index contributed by atoms with van der Waals surface area (Å²) in [5, 5.41) is 19.4. The predicted molar refractivity (Wildman–Crippen MR) is 98.9 cm³/mol. The molecule has 1 saturated heterocycles. The maximum absolute atomic E-state index is 9.75. The lowest BCUT2D eigenvalue weighted by atomic mass is 10.1. The quantitative estimate of drug-likeness (QED) is 0.697. The molecule has 2 heterocycles. The van der Waals surface area contributed by atoms with Crippen LogP contribution in [0.2, 0.25) is 0 Å². The van der Waals surface area contributed by atoms with Gasteiger partial charge in [-0.1, -0.05) is 17.7 Å². The zero-order valence-corrected chi connectivity index (χ0v) is 15.3. The molecule has 2 unspecified atom stereocenters. The van der Waals surface area contributed by atoms with Crippen LogP contribution >= 0.6 is 23.7 Å². The summed E-state index contributed by atoms with van der Waals surface area (Å²) < 4.78 is 5.75. The van der Waals surface area contributed by atoms with E-state index in [1.54, 1.807) is 11.3 Å². The first-order chi connectivity index (χ1) is 11.2. The average Bonchev–Trinajstić information content (AvgIpc) is 3.17. The molecule has 0 saturated carbocycles. The van der Waals surface area contributed by atoms with Crippen LogP contribution in [0.3, 0.4) is 0 Å². The van der Waals surface area contributed by atoms with Gasteiger partial charge < -0.3 is 20.5 Å². The van der Waals surface area contributed by atoms with E-state index in [4.69, 9.17) is 4.74 Å². The summed E-state index contributed by atoms with van der Waals surface area (Å²) in [6.45, 7) is 5.67. The average molecular weight is 370 g/mol. The molecule has 24 heavy (non-hydrogen) atoms. The molecule has 3 rings (SSSR count). The van der Waals surface area contributed by atoms with Gasteiger partial charge in [0.1, 0.15) is 17.4 Å². The Morgan fingerprint density at radius 1 is 1.33 bits per heavy atom. The van der Waals surface area contributed by atoms with Crippen LogP contribution in [0.15, 0.2) is 29.6 Å². The van der Waals surface area contributed by atoms with Crippen LogP contribution in [-0.4, -0.2) is 35.8 Å². The van der Waals surface area contributed by atoms with Crippen molar-refractivity contribution in [3.63, 3.8) is 0 Å². The van der Waals surface area contributed by atoms with E-state index in [2.05, 4.69) is 27.9 Å². The topological polar surface area (TPSA) is 66.4 Å². The van der Waals surface area contributed by atoms with Crippen LogP contribution in [0, 0.1) is 12.8 Å². The third-order valence-corrected chi connectivity index (χ3v) is 4.87. The van der Waals surface area contributed by atoms with Gasteiger partial charge in [-0.15, -0.1) is 23.7 Å². The molecule has 0 amide bonds. The Morgan fingerprint density at radius 2 is 2.12 bits per heavy atom. The number of hydrogen-bond donors (Lipinski definition) is 3. The highest BCUT2D eigenvalue weighted by molar-refractivity contribution is 7.09. The molecule has 0 spiro atoms. The number of aliphatic hydroxyl groups is 1. The maximum atomic E-state index is 9.75. The molecule has 7 heteroatoms. The summed E-state index contributed by atoms with van der Waals surface area (Å²) in [6.07, 6.45) is -0.239. The zero-order valence-electron chi connectivity index (χ0n) is 13.7. The number of rotatable bonds is 7. The SMILES string of the molecule is Cc1ccc(OCc2nc(CNCC3CNCC3O)cs2)cc1.Cl. The Hall–Kier alpha value is -1.18. The van der Waals surface area contributed by atoms with Crippen LogP contribution in [-0.2, 0) is 13.2 Å². The minimum absolute atomic E-state index is 0. The van der Waals surface area contributed by atoms with Gasteiger partial charge in [-0.05, 0) is 19.1 Å². The molecule has 1 aromatic carbocycles. The van der Waals surface area contributed by atoms with E-state index in [-0.39, 0.29) is 24.4 Å². The number of halogens is 1. The first kappa shape index (κ1) is 19.1. The molecule has 132 valence electrons. The molecule has 2 atom stereocenters. The molecule has 1 aromatic heterocycles. The van der Waals surface area contributed by atoms with Gasteiger partial charge in [0.05, 0.1) is 11.8 Å². The van der Waals surface area contributed by atoms with Crippen LogP contribution in [0.25, 0.3) is 0 Å². The van der Waals surface area contributed by atoms with Crippen molar-refractivity contribution in [2.24, 2.45) is 5.92 Å². The van der Waals surface area contributed by atoms with Crippen molar-refractivity contribution in [3.8, 4) is 5.75 Å². The van der Waals surface area contributed by atoms with Gasteiger partial charge in [-0.3, -0.25) is 0 Å². The Bertz CT molecular complexity index is 621. The van der Waals surface area contributed by atoms with Crippen molar-refractivity contribution in [1.82, 2.24) is 15.6 Å². The Morgan fingerprint density at radius 3 is 2.83 bits per heavy atom. The number of hydrogen-bond acceptors (Lipinski definition) is 6. The van der Waals surface area contributed by atoms with Gasteiger partial charge in [0.2, 0.25) is 0 Å². The van der Waals surface area contributed by atoms with Crippen molar-refractivity contribution in [2.45, 2.75) is 26.2 Å². The fourth-order valence-electron chi connectivity index (χ4n) is 2.59. The fourth-order valence-corrected chi connectivity index (χ4v) is 3.29. The molecule has 2 aromatic rings. The molecule has 1 fully saturated rings. The number of aromatic nitrogens is 1. The Balaban J connectivity index is 0.00000208. The molecule has 0 bridgehead atoms. The van der Waals surface area contributed by atoms with Gasteiger partial charge in [-0.2, -0.15) is 0 Å². The van der Waals surface area contributed by atoms with Gasteiger partial charge >= 0.3 is 0 Å².